The summed E-state index contributed by atoms with van der Waals surface area (Å²) < 4.78 is 24.0. The van der Waals surface area contributed by atoms with Gasteiger partial charge in [-0.05, 0) is 17.5 Å². The Morgan fingerprint density at radius 3 is 2.25 bits per heavy atom. The molecule has 0 atom stereocenters. The fraction of sp³-hybridized carbons (Fsp3) is 0.417. The SMILES string of the molecule is CC(C)(CC=O)CS(=O)(=O)c1ccccc1. The molecule has 0 fully saturated rings. The quantitative estimate of drug-likeness (QED) is 0.740. The minimum Gasteiger partial charge on any atom is -0.303 e. The predicted molar refractivity (Wildman–Crippen MR) is 63.0 cm³/mol. The Morgan fingerprint density at radius 1 is 1.19 bits per heavy atom. The molecule has 0 N–H and O–H groups in total. The van der Waals surface area contributed by atoms with Gasteiger partial charge in [-0.15, -0.1) is 0 Å². The van der Waals surface area contributed by atoms with Crippen molar-refractivity contribution in [3.05, 3.63) is 30.3 Å². The van der Waals surface area contributed by atoms with Gasteiger partial charge in [-0.25, -0.2) is 8.42 Å². The molecule has 1 rings (SSSR count). The summed E-state index contributed by atoms with van der Waals surface area (Å²) in [6.07, 6.45) is 1.01. The molecule has 3 nitrogen and oxygen atoms in total. The average molecular weight is 240 g/mol. The lowest BCUT2D eigenvalue weighted by atomic mass is 9.93. The highest BCUT2D eigenvalue weighted by Gasteiger charge is 2.26. The van der Waals surface area contributed by atoms with E-state index in [2.05, 4.69) is 0 Å². The van der Waals surface area contributed by atoms with Crippen LogP contribution in [-0.4, -0.2) is 20.5 Å². The van der Waals surface area contributed by atoms with E-state index in [9.17, 15) is 13.2 Å². The number of benzene rings is 1. The Labute approximate surface area is 96.4 Å². The third-order valence-electron chi connectivity index (χ3n) is 2.32. The molecule has 0 heterocycles. The third kappa shape index (κ3) is 3.45. The smallest absolute Gasteiger partial charge is 0.178 e. The van der Waals surface area contributed by atoms with Crippen LogP contribution in [0.25, 0.3) is 0 Å². The van der Waals surface area contributed by atoms with Crippen molar-refractivity contribution in [2.75, 3.05) is 5.75 Å². The summed E-state index contributed by atoms with van der Waals surface area (Å²) in [7, 11) is -3.30. The van der Waals surface area contributed by atoms with Crippen molar-refractivity contribution in [2.24, 2.45) is 5.41 Å². The Balaban J connectivity index is 2.93. The van der Waals surface area contributed by atoms with Crippen molar-refractivity contribution in [2.45, 2.75) is 25.2 Å². The van der Waals surface area contributed by atoms with Gasteiger partial charge in [0.25, 0.3) is 0 Å². The summed E-state index contributed by atoms with van der Waals surface area (Å²) in [6, 6.07) is 8.31. The second kappa shape index (κ2) is 4.78. The summed E-state index contributed by atoms with van der Waals surface area (Å²) in [6.45, 7) is 3.56. The van der Waals surface area contributed by atoms with Gasteiger partial charge < -0.3 is 4.79 Å². The fourth-order valence-electron chi connectivity index (χ4n) is 1.51. The molecule has 0 aliphatic carbocycles. The fourth-order valence-corrected chi connectivity index (χ4v) is 3.40. The molecule has 1 aromatic rings. The number of hydrogen-bond donors (Lipinski definition) is 0. The van der Waals surface area contributed by atoms with Crippen LogP contribution < -0.4 is 0 Å². The largest absolute Gasteiger partial charge is 0.303 e. The van der Waals surface area contributed by atoms with Crippen LogP contribution in [0.5, 0.6) is 0 Å². The summed E-state index contributed by atoms with van der Waals surface area (Å²) >= 11 is 0. The molecule has 0 spiro atoms. The zero-order valence-electron chi connectivity index (χ0n) is 9.51. The number of sulfone groups is 1. The van der Waals surface area contributed by atoms with Gasteiger partial charge in [0.15, 0.2) is 9.84 Å². The van der Waals surface area contributed by atoms with Crippen LogP contribution in [0.15, 0.2) is 35.2 Å². The van der Waals surface area contributed by atoms with E-state index in [4.69, 9.17) is 0 Å². The minimum absolute atomic E-state index is 0.0112. The molecule has 0 aliphatic heterocycles. The molecule has 0 aliphatic rings. The molecular weight excluding hydrogens is 224 g/mol. The van der Waals surface area contributed by atoms with Crippen molar-refractivity contribution >= 4 is 16.1 Å². The van der Waals surface area contributed by atoms with E-state index >= 15 is 0 Å². The van der Waals surface area contributed by atoms with Crippen LogP contribution >= 0.6 is 0 Å². The van der Waals surface area contributed by atoms with E-state index in [1.807, 2.05) is 0 Å². The lowest BCUT2D eigenvalue weighted by Gasteiger charge is -2.21. The lowest BCUT2D eigenvalue weighted by Crippen LogP contribution is -2.24. The maximum Gasteiger partial charge on any atom is 0.178 e. The van der Waals surface area contributed by atoms with Crippen molar-refractivity contribution in [1.82, 2.24) is 0 Å². The van der Waals surface area contributed by atoms with Gasteiger partial charge in [0.1, 0.15) is 6.29 Å². The standard InChI is InChI=1S/C12H16O3S/c1-12(2,8-9-13)10-16(14,15)11-6-4-3-5-7-11/h3-7,9H,8,10H2,1-2H3. The van der Waals surface area contributed by atoms with Crippen LogP contribution in [0.1, 0.15) is 20.3 Å². The molecule has 0 saturated carbocycles. The average Bonchev–Trinajstić information content (AvgIpc) is 2.17. The van der Waals surface area contributed by atoms with Crippen molar-refractivity contribution in [3.8, 4) is 0 Å². The first-order valence-corrected chi connectivity index (χ1v) is 6.74. The summed E-state index contributed by atoms with van der Waals surface area (Å²) in [5, 5.41) is 0. The van der Waals surface area contributed by atoms with Crippen LogP contribution in [0, 0.1) is 5.41 Å². The van der Waals surface area contributed by atoms with Gasteiger partial charge in [0.05, 0.1) is 10.6 Å². The van der Waals surface area contributed by atoms with Crippen molar-refractivity contribution in [3.63, 3.8) is 0 Å². The highest BCUT2D eigenvalue weighted by atomic mass is 32.2. The van der Waals surface area contributed by atoms with Gasteiger partial charge in [0, 0.05) is 6.42 Å². The van der Waals surface area contributed by atoms with Crippen molar-refractivity contribution < 1.29 is 13.2 Å². The van der Waals surface area contributed by atoms with E-state index in [1.54, 1.807) is 44.2 Å². The Hall–Kier alpha value is -1.16. The maximum absolute atomic E-state index is 12.0. The van der Waals surface area contributed by atoms with Crippen LogP contribution in [0.4, 0.5) is 0 Å². The zero-order chi connectivity index (χ0) is 12.2. The lowest BCUT2D eigenvalue weighted by molar-refractivity contribution is -0.109. The van der Waals surface area contributed by atoms with Gasteiger partial charge in [0.2, 0.25) is 0 Å². The van der Waals surface area contributed by atoms with E-state index in [-0.39, 0.29) is 12.2 Å². The molecule has 1 aromatic carbocycles. The third-order valence-corrected chi connectivity index (χ3v) is 4.47. The molecule has 88 valence electrons. The van der Waals surface area contributed by atoms with Crippen LogP contribution in [0.3, 0.4) is 0 Å². The monoisotopic (exact) mass is 240 g/mol. The highest BCUT2D eigenvalue weighted by molar-refractivity contribution is 7.91. The molecule has 0 unspecified atom stereocenters. The molecule has 16 heavy (non-hydrogen) atoms. The Morgan fingerprint density at radius 2 is 1.75 bits per heavy atom. The first kappa shape index (κ1) is 12.9. The topological polar surface area (TPSA) is 51.2 Å². The van der Waals surface area contributed by atoms with Crippen molar-refractivity contribution in [1.29, 1.82) is 0 Å². The minimum atomic E-state index is -3.30. The summed E-state index contributed by atoms with van der Waals surface area (Å²) in [5.41, 5.74) is -0.517. The second-order valence-corrected chi connectivity index (χ2v) is 6.60. The number of aldehydes is 1. The summed E-state index contributed by atoms with van der Waals surface area (Å²) in [4.78, 5) is 10.8. The number of carbonyl (C=O) groups excluding carboxylic acids is 1. The van der Waals surface area contributed by atoms with E-state index in [0.717, 1.165) is 6.29 Å². The van der Waals surface area contributed by atoms with E-state index < -0.39 is 15.3 Å². The Bertz CT molecular complexity index is 446. The number of rotatable bonds is 5. The van der Waals surface area contributed by atoms with Gasteiger partial charge in [-0.1, -0.05) is 32.0 Å². The Kier molecular flexibility index (Phi) is 3.86. The van der Waals surface area contributed by atoms with E-state index in [1.165, 1.54) is 0 Å². The normalized spacial score (nSPS) is 12.4. The van der Waals surface area contributed by atoms with E-state index in [0.29, 0.717) is 4.90 Å². The molecule has 0 radical (unpaired) electrons. The van der Waals surface area contributed by atoms with Gasteiger partial charge >= 0.3 is 0 Å². The van der Waals surface area contributed by atoms with Gasteiger partial charge in [-0.3, -0.25) is 0 Å². The van der Waals surface area contributed by atoms with Gasteiger partial charge in [-0.2, -0.15) is 0 Å². The molecule has 4 heteroatoms. The molecule has 0 aromatic heterocycles. The molecule has 0 saturated heterocycles. The first-order chi connectivity index (χ1) is 7.37. The highest BCUT2D eigenvalue weighted by Crippen LogP contribution is 2.25. The number of carbonyl (C=O) groups is 1. The summed E-state index contributed by atoms with van der Waals surface area (Å²) in [5.74, 6) is -0.0112. The van der Waals surface area contributed by atoms with Crippen LogP contribution in [-0.2, 0) is 14.6 Å². The van der Waals surface area contributed by atoms with Crippen LogP contribution in [0.2, 0.25) is 0 Å². The maximum atomic E-state index is 12.0. The molecular formula is C12H16O3S. The zero-order valence-corrected chi connectivity index (χ0v) is 10.3. The molecule has 0 bridgehead atoms. The number of hydrogen-bond acceptors (Lipinski definition) is 3. The second-order valence-electron chi connectivity index (χ2n) is 4.61. The predicted octanol–water partition coefficient (Wildman–Crippen LogP) is 2.08. The molecule has 0 amide bonds. The first-order valence-electron chi connectivity index (χ1n) is 5.09.